The van der Waals surface area contributed by atoms with Gasteiger partial charge in [0.25, 0.3) is 0 Å². The topological polar surface area (TPSA) is 181 Å². The minimum Gasteiger partial charge on any atom is -0.481 e. The van der Waals surface area contributed by atoms with Crippen LogP contribution in [0.15, 0.2) is 60.7 Å². The third-order valence-corrected chi connectivity index (χ3v) is 11.3. The van der Waals surface area contributed by atoms with Crippen LogP contribution < -0.4 is 14.8 Å². The molecular formula is C43H44ClN5O7. The Hall–Kier alpha value is -5.45. The first kappa shape index (κ1) is 38.8. The number of likely N-dealkylation sites (tertiary alicyclic amines) is 1. The van der Waals surface area contributed by atoms with E-state index in [1.165, 1.54) is 12.7 Å². The highest BCUT2D eigenvalue weighted by Gasteiger charge is 2.40. The zero-order chi connectivity index (χ0) is 39.7. The molecule has 3 heterocycles. The van der Waals surface area contributed by atoms with Gasteiger partial charge in [-0.1, -0.05) is 48.0 Å². The van der Waals surface area contributed by atoms with Crippen LogP contribution in [-0.4, -0.2) is 75.0 Å². The first-order chi connectivity index (χ1) is 26.9. The van der Waals surface area contributed by atoms with Crippen LogP contribution in [-0.2, 0) is 29.1 Å². The molecular weight excluding hydrogens is 734 g/mol. The van der Waals surface area contributed by atoms with Crippen LogP contribution in [0, 0.1) is 23.7 Å². The number of benzene rings is 3. The minimum atomic E-state index is -1.08. The van der Waals surface area contributed by atoms with E-state index in [1.54, 1.807) is 13.0 Å². The lowest BCUT2D eigenvalue weighted by Crippen LogP contribution is -2.31. The number of halogens is 1. The molecule has 2 aromatic heterocycles. The number of carboxylic acid groups (broad SMARTS) is 2. The monoisotopic (exact) mass is 777 g/mol. The number of aliphatic hydroxyl groups excluding tert-OH is 1. The van der Waals surface area contributed by atoms with Gasteiger partial charge in [-0.25, -0.2) is 0 Å². The van der Waals surface area contributed by atoms with Gasteiger partial charge in [-0.3, -0.25) is 14.5 Å². The second-order valence-corrected chi connectivity index (χ2v) is 15.5. The number of hydrogen-bond donors (Lipinski definition) is 5. The van der Waals surface area contributed by atoms with Crippen molar-refractivity contribution in [2.75, 3.05) is 26.7 Å². The van der Waals surface area contributed by atoms with Crippen LogP contribution in [0.25, 0.3) is 33.3 Å². The van der Waals surface area contributed by atoms with E-state index in [0.717, 1.165) is 62.8 Å². The fourth-order valence-electron chi connectivity index (χ4n) is 8.13. The molecule has 13 heteroatoms. The van der Waals surface area contributed by atoms with Gasteiger partial charge >= 0.3 is 11.9 Å². The Bertz CT molecular complexity index is 2370. The molecule has 0 radical (unpaired) electrons. The number of ether oxygens (including phenoxy) is 2. The highest BCUT2D eigenvalue weighted by Crippen LogP contribution is 2.43. The molecule has 0 spiro atoms. The molecule has 290 valence electrons. The normalized spacial score (nSPS) is 18.5. The summed E-state index contributed by atoms with van der Waals surface area (Å²) in [5.41, 5.74) is 9.67. The first-order valence-electron chi connectivity index (χ1n) is 18.6. The Morgan fingerprint density at radius 2 is 1.89 bits per heavy atom. The van der Waals surface area contributed by atoms with Gasteiger partial charge in [-0.2, -0.15) is 10.2 Å². The molecule has 7 rings (SSSR count). The van der Waals surface area contributed by atoms with Crippen LogP contribution >= 0.6 is 11.6 Å². The molecule has 0 saturated carbocycles. The maximum Gasteiger partial charge on any atom is 0.310 e. The molecule has 56 heavy (non-hydrogen) atoms. The van der Waals surface area contributed by atoms with Gasteiger partial charge in [0.05, 0.1) is 36.1 Å². The molecule has 3 aromatic carbocycles. The van der Waals surface area contributed by atoms with Gasteiger partial charge in [0, 0.05) is 48.4 Å². The fraction of sp³-hybridized carbons (Fsp3) is 0.349. The highest BCUT2D eigenvalue weighted by molar-refractivity contribution is 6.31. The summed E-state index contributed by atoms with van der Waals surface area (Å²) in [6.07, 6.45) is 0.433. The number of carbonyl (C=O) groups is 2. The number of rotatable bonds is 14. The van der Waals surface area contributed by atoms with Gasteiger partial charge < -0.3 is 35.1 Å². The number of fused-ring (bicyclic) bond motifs is 2. The number of H-pyrrole nitrogens is 1. The van der Waals surface area contributed by atoms with Crippen molar-refractivity contribution in [1.82, 2.24) is 20.2 Å². The van der Waals surface area contributed by atoms with E-state index in [4.69, 9.17) is 26.2 Å². The largest absolute Gasteiger partial charge is 0.481 e. The van der Waals surface area contributed by atoms with E-state index in [1.807, 2.05) is 18.2 Å². The number of aromatic nitrogens is 2. The van der Waals surface area contributed by atoms with Crippen molar-refractivity contribution in [2.24, 2.45) is 5.41 Å². The van der Waals surface area contributed by atoms with Gasteiger partial charge in [-0.05, 0) is 97.3 Å². The SMILES string of the molecule is COc1nc(O[C@H]2CCc3c(-c4cccc(-c5cc6cc(CN7CC[C@@](C)(C(=O)O)C7)cc(C#N)c6[nH]5)c4C)cccc32)c(Cl)cc1CNC[C@@H](O)CC(=O)O. The number of nitrogens with one attached hydrogen (secondary N) is 2. The highest BCUT2D eigenvalue weighted by atomic mass is 35.5. The van der Waals surface area contributed by atoms with E-state index < -0.39 is 23.5 Å². The lowest BCUT2D eigenvalue weighted by molar-refractivity contribution is -0.147. The van der Waals surface area contributed by atoms with Crippen molar-refractivity contribution in [1.29, 1.82) is 5.26 Å². The van der Waals surface area contributed by atoms with Crippen molar-refractivity contribution >= 4 is 34.4 Å². The maximum absolute atomic E-state index is 11.8. The Balaban J connectivity index is 1.11. The number of aromatic amines is 1. The van der Waals surface area contributed by atoms with Gasteiger partial charge in [-0.15, -0.1) is 0 Å². The molecule has 1 aliphatic heterocycles. The van der Waals surface area contributed by atoms with Gasteiger partial charge in [0.1, 0.15) is 17.2 Å². The fourth-order valence-corrected chi connectivity index (χ4v) is 8.35. The summed E-state index contributed by atoms with van der Waals surface area (Å²) in [4.78, 5) is 32.9. The molecule has 12 nitrogen and oxygen atoms in total. The molecule has 1 saturated heterocycles. The summed E-state index contributed by atoms with van der Waals surface area (Å²) >= 11 is 6.67. The summed E-state index contributed by atoms with van der Waals surface area (Å²) in [7, 11) is 1.50. The average Bonchev–Trinajstić information content (AvgIpc) is 3.89. The third kappa shape index (κ3) is 7.81. The lowest BCUT2D eigenvalue weighted by Gasteiger charge is -2.20. The number of aliphatic hydroxyl groups is 1. The van der Waals surface area contributed by atoms with Crippen molar-refractivity contribution in [3.63, 3.8) is 0 Å². The van der Waals surface area contributed by atoms with Crippen LogP contribution in [0.4, 0.5) is 0 Å². The number of carboxylic acids is 2. The molecule has 1 fully saturated rings. The smallest absolute Gasteiger partial charge is 0.310 e. The van der Waals surface area contributed by atoms with Crippen molar-refractivity contribution < 1.29 is 34.4 Å². The number of methoxy groups -OCH3 is 1. The number of aliphatic carboxylic acids is 2. The molecule has 2 aliphatic rings. The zero-order valence-corrected chi connectivity index (χ0v) is 32.2. The van der Waals surface area contributed by atoms with Crippen LogP contribution in [0.3, 0.4) is 0 Å². The summed E-state index contributed by atoms with van der Waals surface area (Å²) in [5, 5.41) is 42.9. The Labute approximate surface area is 329 Å². The quantitative estimate of drug-likeness (QED) is 0.0781. The Morgan fingerprint density at radius 1 is 1.12 bits per heavy atom. The molecule has 0 bridgehead atoms. The average molecular weight is 778 g/mol. The lowest BCUT2D eigenvalue weighted by atomic mass is 9.90. The summed E-state index contributed by atoms with van der Waals surface area (Å²) in [6, 6.07) is 22.7. The van der Waals surface area contributed by atoms with E-state index >= 15 is 0 Å². The summed E-state index contributed by atoms with van der Waals surface area (Å²) < 4.78 is 12.0. The number of nitrogens with zero attached hydrogens (tertiary/aromatic N) is 3. The maximum atomic E-state index is 11.8. The van der Waals surface area contributed by atoms with Crippen molar-refractivity contribution in [2.45, 2.75) is 64.8 Å². The van der Waals surface area contributed by atoms with Crippen LogP contribution in [0.1, 0.15) is 65.7 Å². The number of nitriles is 1. The standard InChI is InChI=1S/C43H44ClN5O7/c1-24-30(6-4-7-31(24)36-17-26-14-25(15-27(19-45)39(26)47-36)22-49-13-12-43(2,23-49)42(53)54)32-8-5-9-34-33(32)10-11-37(34)56-41-35(44)16-28(40(48-41)55-3)20-46-21-29(50)18-38(51)52/h4-9,14-17,29,37,46-47,50H,10-13,18,20-23H2,1-3H3,(H,51,52)(H,53,54)/t29-,37-,43+/m0/s1. The molecule has 5 aromatic rings. The van der Waals surface area contributed by atoms with Gasteiger partial charge in [0.15, 0.2) is 0 Å². The van der Waals surface area contributed by atoms with E-state index in [2.05, 4.69) is 69.6 Å². The van der Waals surface area contributed by atoms with E-state index in [9.17, 15) is 25.1 Å². The predicted molar refractivity (Wildman–Crippen MR) is 212 cm³/mol. The number of hydrogen-bond acceptors (Lipinski definition) is 9. The predicted octanol–water partition coefficient (Wildman–Crippen LogP) is 7.03. The second kappa shape index (κ2) is 16.0. The summed E-state index contributed by atoms with van der Waals surface area (Å²) in [5.74, 6) is -1.29. The van der Waals surface area contributed by atoms with Crippen LogP contribution in [0.2, 0.25) is 5.02 Å². The first-order valence-corrected chi connectivity index (χ1v) is 19.0. The molecule has 0 amide bonds. The third-order valence-electron chi connectivity index (χ3n) is 11.0. The van der Waals surface area contributed by atoms with Gasteiger partial charge in [0.2, 0.25) is 11.8 Å². The molecule has 3 atom stereocenters. The molecule has 0 unspecified atom stereocenters. The minimum absolute atomic E-state index is 0.0804. The van der Waals surface area contributed by atoms with Crippen molar-refractivity contribution in [3.05, 3.63) is 99.1 Å². The zero-order valence-electron chi connectivity index (χ0n) is 31.5. The molecule has 5 N–H and O–H groups in total. The second-order valence-electron chi connectivity index (χ2n) is 15.1. The Kier molecular flexibility index (Phi) is 11.1. The van der Waals surface area contributed by atoms with E-state index in [0.29, 0.717) is 48.1 Å². The summed E-state index contributed by atoms with van der Waals surface area (Å²) in [6.45, 7) is 5.99. The van der Waals surface area contributed by atoms with E-state index in [-0.39, 0.29) is 31.5 Å². The number of pyridine rings is 1. The molecule has 1 aliphatic carbocycles. The van der Waals surface area contributed by atoms with Crippen molar-refractivity contribution in [3.8, 4) is 40.2 Å². The Morgan fingerprint density at radius 3 is 2.62 bits per heavy atom. The van der Waals surface area contributed by atoms with Crippen LogP contribution in [0.5, 0.6) is 11.8 Å².